The van der Waals surface area contributed by atoms with Crippen molar-refractivity contribution < 1.29 is 14.3 Å². The number of amides is 2. The molecule has 0 bridgehead atoms. The average Bonchev–Trinajstić information content (AvgIpc) is 2.40. The quantitative estimate of drug-likeness (QED) is 0.475. The van der Waals surface area contributed by atoms with Crippen molar-refractivity contribution >= 4 is 11.8 Å². The van der Waals surface area contributed by atoms with Crippen molar-refractivity contribution in [2.24, 2.45) is 0 Å². The lowest BCUT2D eigenvalue weighted by atomic mass is 9.98. The van der Waals surface area contributed by atoms with Crippen LogP contribution in [-0.4, -0.2) is 34.5 Å². The molecule has 2 aliphatic rings. The number of carbonyl (C=O) groups is 2. The number of nitrogens with zero attached hydrogens (tertiary/aromatic N) is 1. The number of ether oxygens (including phenoxy) is 1. The molecule has 2 rings (SSSR count). The molecule has 4 heteroatoms. The van der Waals surface area contributed by atoms with E-state index < -0.39 is 0 Å². The molecule has 0 saturated carbocycles. The van der Waals surface area contributed by atoms with Gasteiger partial charge < -0.3 is 4.74 Å². The minimum Gasteiger partial charge on any atom is -0.361 e. The van der Waals surface area contributed by atoms with E-state index in [-0.39, 0.29) is 23.0 Å². The van der Waals surface area contributed by atoms with Gasteiger partial charge in [0.1, 0.15) is 5.60 Å². The summed E-state index contributed by atoms with van der Waals surface area (Å²) in [7, 11) is 0. The smallest absolute Gasteiger partial charge is 0.253 e. The molecule has 1 saturated heterocycles. The number of epoxide rings is 1. The third-order valence-electron chi connectivity index (χ3n) is 3.07. The lowest BCUT2D eigenvalue weighted by Crippen LogP contribution is -2.39. The zero-order valence-electron chi connectivity index (χ0n) is 8.53. The SMILES string of the molecule is CC1(C)OC1(C)CN1C(=O)C=CC1=O. The Labute approximate surface area is 82.5 Å². The maximum Gasteiger partial charge on any atom is 0.253 e. The van der Waals surface area contributed by atoms with Crippen molar-refractivity contribution in [1.29, 1.82) is 0 Å². The molecule has 1 atom stereocenters. The van der Waals surface area contributed by atoms with E-state index in [9.17, 15) is 9.59 Å². The van der Waals surface area contributed by atoms with Crippen LogP contribution >= 0.6 is 0 Å². The molecule has 76 valence electrons. The standard InChI is InChI=1S/C10H13NO3/c1-9(2)10(3,14-9)6-11-7(12)4-5-8(11)13/h4-5H,6H2,1-3H3. The van der Waals surface area contributed by atoms with E-state index in [2.05, 4.69) is 0 Å². The van der Waals surface area contributed by atoms with E-state index in [4.69, 9.17) is 4.74 Å². The van der Waals surface area contributed by atoms with Crippen LogP contribution in [-0.2, 0) is 14.3 Å². The van der Waals surface area contributed by atoms with E-state index in [0.717, 1.165) is 0 Å². The first-order valence-electron chi connectivity index (χ1n) is 4.59. The Balaban J connectivity index is 2.07. The van der Waals surface area contributed by atoms with Crippen molar-refractivity contribution in [2.75, 3.05) is 6.54 Å². The van der Waals surface area contributed by atoms with Crippen LogP contribution in [0.25, 0.3) is 0 Å². The van der Waals surface area contributed by atoms with Crippen molar-refractivity contribution in [3.8, 4) is 0 Å². The molecule has 2 amide bonds. The van der Waals surface area contributed by atoms with Crippen molar-refractivity contribution in [1.82, 2.24) is 4.90 Å². The van der Waals surface area contributed by atoms with Crippen LogP contribution < -0.4 is 0 Å². The predicted molar refractivity (Wildman–Crippen MR) is 49.4 cm³/mol. The van der Waals surface area contributed by atoms with Gasteiger partial charge in [0.15, 0.2) is 0 Å². The van der Waals surface area contributed by atoms with Crippen molar-refractivity contribution in [2.45, 2.75) is 32.0 Å². The highest BCUT2D eigenvalue weighted by Gasteiger charge is 2.61. The fourth-order valence-corrected chi connectivity index (χ4v) is 1.65. The van der Waals surface area contributed by atoms with Gasteiger partial charge in [-0.05, 0) is 20.8 Å². The number of imide groups is 1. The van der Waals surface area contributed by atoms with E-state index >= 15 is 0 Å². The minimum atomic E-state index is -0.385. The molecule has 1 unspecified atom stereocenters. The van der Waals surface area contributed by atoms with Crippen LogP contribution in [0.15, 0.2) is 12.2 Å². The largest absolute Gasteiger partial charge is 0.361 e. The Hall–Kier alpha value is -1.16. The summed E-state index contributed by atoms with van der Waals surface area (Å²) in [5.74, 6) is -0.495. The zero-order chi connectivity index (χ0) is 10.6. The highest BCUT2D eigenvalue weighted by molar-refractivity contribution is 6.12. The monoisotopic (exact) mass is 195 g/mol. The molecule has 2 heterocycles. The Morgan fingerprint density at radius 3 is 2.00 bits per heavy atom. The number of hydrogen-bond acceptors (Lipinski definition) is 3. The van der Waals surface area contributed by atoms with Gasteiger partial charge in [0.2, 0.25) is 0 Å². The van der Waals surface area contributed by atoms with Gasteiger partial charge >= 0.3 is 0 Å². The van der Waals surface area contributed by atoms with E-state index in [0.29, 0.717) is 6.54 Å². The summed E-state index contributed by atoms with van der Waals surface area (Å²) >= 11 is 0. The summed E-state index contributed by atoms with van der Waals surface area (Å²) in [5, 5.41) is 0. The lowest BCUT2D eigenvalue weighted by Gasteiger charge is -2.17. The number of hydrogen-bond donors (Lipinski definition) is 0. The second-order valence-electron chi connectivity index (χ2n) is 4.44. The fraction of sp³-hybridized carbons (Fsp3) is 0.600. The Bertz CT molecular complexity index is 327. The highest BCUT2D eigenvalue weighted by atomic mass is 16.6. The summed E-state index contributed by atoms with van der Waals surface area (Å²) in [5.41, 5.74) is -0.625. The molecule has 0 spiro atoms. The summed E-state index contributed by atoms with van der Waals surface area (Å²) in [6.45, 7) is 6.15. The molecule has 0 aromatic carbocycles. The molecule has 0 aromatic rings. The molecule has 0 N–H and O–H groups in total. The third-order valence-corrected chi connectivity index (χ3v) is 3.07. The molecule has 14 heavy (non-hydrogen) atoms. The fourth-order valence-electron chi connectivity index (χ4n) is 1.65. The van der Waals surface area contributed by atoms with Gasteiger partial charge in [-0.1, -0.05) is 0 Å². The van der Waals surface area contributed by atoms with Gasteiger partial charge in [-0.25, -0.2) is 0 Å². The molecule has 0 aromatic heterocycles. The molecule has 2 aliphatic heterocycles. The van der Waals surface area contributed by atoms with Crippen LogP contribution in [0.1, 0.15) is 20.8 Å². The maximum absolute atomic E-state index is 11.3. The summed E-state index contributed by atoms with van der Waals surface area (Å²) in [6, 6.07) is 0. The van der Waals surface area contributed by atoms with Crippen LogP contribution in [0.4, 0.5) is 0 Å². The first-order chi connectivity index (χ1) is 6.36. The molecule has 1 fully saturated rings. The third kappa shape index (κ3) is 1.18. The van der Waals surface area contributed by atoms with Gasteiger partial charge in [0, 0.05) is 12.2 Å². The van der Waals surface area contributed by atoms with Crippen LogP contribution in [0.5, 0.6) is 0 Å². The molecular weight excluding hydrogens is 182 g/mol. The Kier molecular flexibility index (Phi) is 1.64. The molecular formula is C10H13NO3. The summed E-state index contributed by atoms with van der Waals surface area (Å²) in [4.78, 5) is 23.7. The van der Waals surface area contributed by atoms with Gasteiger partial charge in [-0.3, -0.25) is 14.5 Å². The van der Waals surface area contributed by atoms with Crippen LogP contribution in [0.2, 0.25) is 0 Å². The van der Waals surface area contributed by atoms with Gasteiger partial charge in [0.25, 0.3) is 11.8 Å². The first-order valence-corrected chi connectivity index (χ1v) is 4.59. The van der Waals surface area contributed by atoms with E-state index in [1.165, 1.54) is 17.1 Å². The zero-order valence-corrected chi connectivity index (χ0v) is 8.53. The van der Waals surface area contributed by atoms with Crippen LogP contribution in [0.3, 0.4) is 0 Å². The number of rotatable bonds is 2. The van der Waals surface area contributed by atoms with Crippen LogP contribution in [0, 0.1) is 0 Å². The molecule has 0 radical (unpaired) electrons. The van der Waals surface area contributed by atoms with Gasteiger partial charge in [-0.15, -0.1) is 0 Å². The van der Waals surface area contributed by atoms with Crippen molar-refractivity contribution in [3.63, 3.8) is 0 Å². The normalized spacial score (nSPS) is 34.1. The van der Waals surface area contributed by atoms with E-state index in [1.807, 2.05) is 20.8 Å². The van der Waals surface area contributed by atoms with E-state index in [1.54, 1.807) is 0 Å². The topological polar surface area (TPSA) is 49.9 Å². The number of carbonyl (C=O) groups excluding carboxylic acids is 2. The second-order valence-corrected chi connectivity index (χ2v) is 4.44. The molecule has 4 nitrogen and oxygen atoms in total. The summed E-state index contributed by atoms with van der Waals surface area (Å²) in [6.07, 6.45) is 2.59. The first kappa shape index (κ1) is 9.40. The second kappa shape index (κ2) is 2.45. The lowest BCUT2D eigenvalue weighted by molar-refractivity contribution is -0.137. The van der Waals surface area contributed by atoms with Gasteiger partial charge in [-0.2, -0.15) is 0 Å². The Morgan fingerprint density at radius 2 is 1.64 bits per heavy atom. The average molecular weight is 195 g/mol. The minimum absolute atomic E-state index is 0.240. The maximum atomic E-state index is 11.3. The molecule has 0 aliphatic carbocycles. The van der Waals surface area contributed by atoms with Crippen molar-refractivity contribution in [3.05, 3.63) is 12.2 Å². The Morgan fingerprint density at radius 1 is 1.21 bits per heavy atom. The predicted octanol–water partition coefficient (Wildman–Crippen LogP) is 0.479. The van der Waals surface area contributed by atoms with Gasteiger partial charge in [0.05, 0.1) is 12.1 Å². The summed E-state index contributed by atoms with van der Waals surface area (Å²) < 4.78 is 5.48. The highest BCUT2D eigenvalue weighted by Crippen LogP contribution is 2.47.